The Morgan fingerprint density at radius 3 is 2.22 bits per heavy atom. The van der Waals surface area contributed by atoms with Gasteiger partial charge in [-0.2, -0.15) is 9.57 Å². The molecule has 0 aliphatic heterocycles. The smallest absolute Gasteiger partial charge is 0.207 e. The molecule has 1 aliphatic rings. The molecule has 2 aromatic rings. The van der Waals surface area contributed by atoms with Gasteiger partial charge in [0.15, 0.2) is 0 Å². The summed E-state index contributed by atoms with van der Waals surface area (Å²) in [7, 11) is -3.64. The average molecular weight is 330 g/mol. The van der Waals surface area contributed by atoms with Crippen molar-refractivity contribution in [3.05, 3.63) is 65.5 Å². The highest BCUT2D eigenvalue weighted by Crippen LogP contribution is 2.33. The molecule has 3 rings (SSSR count). The Labute approximate surface area is 134 Å². The van der Waals surface area contributed by atoms with Crippen molar-refractivity contribution in [1.82, 2.24) is 4.31 Å². The van der Waals surface area contributed by atoms with Gasteiger partial charge in [0.1, 0.15) is 5.82 Å². The molecule has 1 aliphatic carbocycles. The van der Waals surface area contributed by atoms with E-state index in [4.69, 9.17) is 5.26 Å². The minimum atomic E-state index is -3.64. The fourth-order valence-corrected chi connectivity index (χ4v) is 4.05. The summed E-state index contributed by atoms with van der Waals surface area (Å²) in [6.45, 7) is 0.216. The molecular formula is C17H15FN2O2S. The van der Waals surface area contributed by atoms with E-state index in [0.29, 0.717) is 5.56 Å². The summed E-state index contributed by atoms with van der Waals surface area (Å²) in [5, 5.41) is 8.82. The van der Waals surface area contributed by atoms with Gasteiger partial charge in [-0.25, -0.2) is 12.8 Å². The molecule has 0 aromatic heterocycles. The lowest BCUT2D eigenvalue weighted by Gasteiger charge is -2.22. The van der Waals surface area contributed by atoms with Crippen molar-refractivity contribution in [3.8, 4) is 6.07 Å². The normalized spacial score (nSPS) is 14.7. The van der Waals surface area contributed by atoms with Crippen LogP contribution in [0.4, 0.5) is 4.39 Å². The van der Waals surface area contributed by atoms with E-state index in [2.05, 4.69) is 0 Å². The summed E-state index contributed by atoms with van der Waals surface area (Å²) in [6, 6.07) is 13.7. The van der Waals surface area contributed by atoms with E-state index < -0.39 is 10.0 Å². The molecule has 0 spiro atoms. The molecule has 0 bridgehead atoms. The first-order valence-corrected chi connectivity index (χ1v) is 8.71. The van der Waals surface area contributed by atoms with Crippen LogP contribution in [0.5, 0.6) is 0 Å². The molecule has 0 heterocycles. The molecule has 0 amide bonds. The van der Waals surface area contributed by atoms with Crippen LogP contribution in [0.15, 0.2) is 53.4 Å². The molecule has 23 heavy (non-hydrogen) atoms. The van der Waals surface area contributed by atoms with Crippen molar-refractivity contribution < 1.29 is 12.8 Å². The second kappa shape index (κ2) is 6.11. The highest BCUT2D eigenvalue weighted by Gasteiger charge is 2.38. The standard InChI is InChI=1S/C17H15FN2O2S/c18-15-5-1-14(2-6-15)12-20(16-7-8-16)23(21,22)17-9-3-13(11-19)4-10-17/h1-6,9-10,16H,7-8,12H2. The number of nitriles is 1. The van der Waals surface area contributed by atoms with Crippen molar-refractivity contribution in [2.45, 2.75) is 30.3 Å². The lowest BCUT2D eigenvalue weighted by molar-refractivity contribution is 0.398. The molecule has 1 saturated carbocycles. The molecule has 1 fully saturated rings. The summed E-state index contributed by atoms with van der Waals surface area (Å²) in [5.74, 6) is -0.346. The van der Waals surface area contributed by atoms with Crippen LogP contribution in [0, 0.1) is 17.1 Å². The van der Waals surface area contributed by atoms with Crippen LogP contribution in [0.3, 0.4) is 0 Å². The highest BCUT2D eigenvalue weighted by molar-refractivity contribution is 7.89. The molecule has 0 saturated heterocycles. The van der Waals surface area contributed by atoms with Crippen molar-refractivity contribution in [2.75, 3.05) is 0 Å². The van der Waals surface area contributed by atoms with Gasteiger partial charge in [0.2, 0.25) is 10.0 Å². The Morgan fingerprint density at radius 2 is 1.70 bits per heavy atom. The van der Waals surface area contributed by atoms with Gasteiger partial charge in [-0.1, -0.05) is 12.1 Å². The minimum Gasteiger partial charge on any atom is -0.207 e. The zero-order chi connectivity index (χ0) is 16.4. The fourth-order valence-electron chi connectivity index (χ4n) is 2.38. The van der Waals surface area contributed by atoms with Crippen LogP contribution >= 0.6 is 0 Å². The van der Waals surface area contributed by atoms with E-state index in [9.17, 15) is 12.8 Å². The summed E-state index contributed by atoms with van der Waals surface area (Å²) < 4.78 is 40.2. The van der Waals surface area contributed by atoms with Crippen LogP contribution in [0.1, 0.15) is 24.0 Å². The van der Waals surface area contributed by atoms with E-state index >= 15 is 0 Å². The maximum atomic E-state index is 13.0. The number of sulfonamides is 1. The number of hydrogen-bond acceptors (Lipinski definition) is 3. The van der Waals surface area contributed by atoms with Gasteiger partial charge in [0.05, 0.1) is 16.5 Å². The van der Waals surface area contributed by atoms with Gasteiger partial charge in [-0.05, 0) is 54.8 Å². The lowest BCUT2D eigenvalue weighted by Crippen LogP contribution is -2.32. The zero-order valence-corrected chi connectivity index (χ0v) is 13.1. The van der Waals surface area contributed by atoms with Gasteiger partial charge in [0, 0.05) is 12.6 Å². The number of rotatable bonds is 5. The third-order valence-electron chi connectivity index (χ3n) is 3.80. The Balaban J connectivity index is 1.90. The predicted molar refractivity (Wildman–Crippen MR) is 83.3 cm³/mol. The number of nitrogens with zero attached hydrogens (tertiary/aromatic N) is 2. The maximum Gasteiger partial charge on any atom is 0.243 e. The second-order valence-corrected chi connectivity index (χ2v) is 7.43. The molecular weight excluding hydrogens is 315 g/mol. The van der Waals surface area contributed by atoms with Crippen LogP contribution < -0.4 is 0 Å². The number of benzene rings is 2. The topological polar surface area (TPSA) is 61.2 Å². The van der Waals surface area contributed by atoms with Gasteiger partial charge >= 0.3 is 0 Å². The quantitative estimate of drug-likeness (QED) is 0.846. The molecule has 118 valence electrons. The van der Waals surface area contributed by atoms with Crippen LogP contribution in [0.2, 0.25) is 0 Å². The van der Waals surface area contributed by atoms with E-state index in [1.807, 2.05) is 6.07 Å². The molecule has 0 N–H and O–H groups in total. The zero-order valence-electron chi connectivity index (χ0n) is 12.3. The Morgan fingerprint density at radius 1 is 1.09 bits per heavy atom. The molecule has 2 aromatic carbocycles. The molecule has 4 nitrogen and oxygen atoms in total. The number of halogens is 1. The van der Waals surface area contributed by atoms with Crippen LogP contribution in [0.25, 0.3) is 0 Å². The van der Waals surface area contributed by atoms with Crippen molar-refractivity contribution in [3.63, 3.8) is 0 Å². The van der Waals surface area contributed by atoms with Crippen LogP contribution in [-0.4, -0.2) is 18.8 Å². The maximum absolute atomic E-state index is 13.0. The first kappa shape index (κ1) is 15.7. The summed E-state index contributed by atoms with van der Waals surface area (Å²) in [4.78, 5) is 0.172. The average Bonchev–Trinajstić information content (AvgIpc) is 3.39. The Bertz CT molecular complexity index is 836. The Hall–Kier alpha value is -2.23. The third-order valence-corrected chi connectivity index (χ3v) is 5.71. The fraction of sp³-hybridized carbons (Fsp3) is 0.235. The Kier molecular flexibility index (Phi) is 4.16. The summed E-state index contributed by atoms with van der Waals surface area (Å²) in [5.41, 5.74) is 1.16. The molecule has 0 radical (unpaired) electrons. The summed E-state index contributed by atoms with van der Waals surface area (Å²) >= 11 is 0. The van der Waals surface area contributed by atoms with Gasteiger partial charge in [-0.3, -0.25) is 0 Å². The van der Waals surface area contributed by atoms with E-state index in [1.165, 1.54) is 40.7 Å². The molecule has 6 heteroatoms. The first-order chi connectivity index (χ1) is 11.0. The lowest BCUT2D eigenvalue weighted by atomic mass is 10.2. The van der Waals surface area contributed by atoms with Crippen molar-refractivity contribution >= 4 is 10.0 Å². The largest absolute Gasteiger partial charge is 0.243 e. The van der Waals surface area contributed by atoms with Gasteiger partial charge in [-0.15, -0.1) is 0 Å². The summed E-state index contributed by atoms with van der Waals surface area (Å²) in [6.07, 6.45) is 1.66. The van der Waals surface area contributed by atoms with Crippen molar-refractivity contribution in [1.29, 1.82) is 5.26 Å². The van der Waals surface area contributed by atoms with E-state index in [1.54, 1.807) is 12.1 Å². The monoisotopic (exact) mass is 330 g/mol. The highest BCUT2D eigenvalue weighted by atomic mass is 32.2. The third kappa shape index (κ3) is 3.41. The first-order valence-electron chi connectivity index (χ1n) is 7.27. The van der Waals surface area contributed by atoms with Gasteiger partial charge < -0.3 is 0 Å². The van der Waals surface area contributed by atoms with E-state index in [-0.39, 0.29) is 23.3 Å². The van der Waals surface area contributed by atoms with Gasteiger partial charge in [0.25, 0.3) is 0 Å². The number of hydrogen-bond donors (Lipinski definition) is 0. The predicted octanol–water partition coefficient (Wildman–Crippen LogP) is 3.05. The minimum absolute atomic E-state index is 0.0132. The van der Waals surface area contributed by atoms with Crippen molar-refractivity contribution in [2.24, 2.45) is 0 Å². The van der Waals surface area contributed by atoms with E-state index in [0.717, 1.165) is 18.4 Å². The molecule has 0 unspecified atom stereocenters. The SMILES string of the molecule is N#Cc1ccc(S(=O)(=O)N(Cc2ccc(F)cc2)C2CC2)cc1. The molecule has 0 atom stereocenters. The second-order valence-electron chi connectivity index (χ2n) is 5.54. The van der Waals surface area contributed by atoms with Crippen LogP contribution in [-0.2, 0) is 16.6 Å².